The molecule has 2 rings (SSSR count). The fraction of sp³-hybridized carbons (Fsp3) is 0.286. The average molecular weight is 526 g/mol. The Hall–Kier alpha value is -4.60. The molecule has 0 bridgehead atoms. The van der Waals surface area contributed by atoms with E-state index in [1.54, 1.807) is 42.5 Å². The molecule has 10 nitrogen and oxygen atoms in total. The van der Waals surface area contributed by atoms with Gasteiger partial charge in [0, 0.05) is 11.6 Å². The highest BCUT2D eigenvalue weighted by atomic mass is 16.6. The molecule has 2 aromatic rings. The van der Waals surface area contributed by atoms with Crippen LogP contribution in [0.3, 0.4) is 0 Å². The van der Waals surface area contributed by atoms with Gasteiger partial charge in [0.05, 0.1) is 33.6 Å². The zero-order valence-corrected chi connectivity index (χ0v) is 22.2. The maximum atomic E-state index is 12.0. The lowest BCUT2D eigenvalue weighted by Crippen LogP contribution is -2.24. The van der Waals surface area contributed by atoms with Gasteiger partial charge in [-0.2, -0.15) is 0 Å². The molecular formula is C28H31NO9. The highest BCUT2D eigenvalue weighted by Crippen LogP contribution is 2.33. The van der Waals surface area contributed by atoms with Gasteiger partial charge in [0.25, 0.3) is 0 Å². The number of benzene rings is 2. The molecule has 0 aliphatic carbocycles. The summed E-state index contributed by atoms with van der Waals surface area (Å²) < 4.78 is 25.2. The van der Waals surface area contributed by atoms with Crippen LogP contribution in [-0.2, 0) is 35.1 Å². The van der Waals surface area contributed by atoms with Gasteiger partial charge in [-0.1, -0.05) is 29.9 Å². The van der Waals surface area contributed by atoms with E-state index in [-0.39, 0.29) is 5.75 Å². The third kappa shape index (κ3) is 8.22. The molecule has 0 spiro atoms. The summed E-state index contributed by atoms with van der Waals surface area (Å²) in [6.07, 6.45) is 6.17. The Labute approximate surface area is 221 Å². The number of allylic oxidation sites excluding steroid dienone is 2. The van der Waals surface area contributed by atoms with Crippen LogP contribution < -0.4 is 19.5 Å². The first kappa shape index (κ1) is 29.6. The first-order valence-corrected chi connectivity index (χ1v) is 11.6. The summed E-state index contributed by atoms with van der Waals surface area (Å²) >= 11 is 0. The number of carbonyl (C=O) groups excluding carboxylic acids is 4. The minimum atomic E-state index is -1.16. The highest BCUT2D eigenvalue weighted by molar-refractivity contribution is 6.37. The largest absolute Gasteiger partial charge is 0.495 e. The van der Waals surface area contributed by atoms with Gasteiger partial charge in [-0.25, -0.2) is 14.4 Å². The van der Waals surface area contributed by atoms with Gasteiger partial charge in [0.2, 0.25) is 0 Å². The second-order valence-electron chi connectivity index (χ2n) is 8.03. The summed E-state index contributed by atoms with van der Waals surface area (Å²) in [4.78, 5) is 46.9. The number of hydrogen-bond donors (Lipinski definition) is 1. The number of nitrogens with one attached hydrogen (secondary N) is 1. The van der Waals surface area contributed by atoms with Crippen molar-refractivity contribution in [2.75, 3.05) is 33.3 Å². The lowest BCUT2D eigenvalue weighted by Gasteiger charge is -2.15. The fourth-order valence-electron chi connectivity index (χ4n) is 3.26. The van der Waals surface area contributed by atoms with Crippen LogP contribution in [0.1, 0.15) is 37.5 Å². The highest BCUT2D eigenvalue weighted by Gasteiger charge is 2.19. The number of anilines is 1. The zero-order chi connectivity index (χ0) is 28.2. The minimum Gasteiger partial charge on any atom is -0.495 e. The van der Waals surface area contributed by atoms with Gasteiger partial charge in [-0.05, 0) is 56.5 Å². The molecule has 1 amide bonds. The van der Waals surface area contributed by atoms with Gasteiger partial charge in [0.1, 0.15) is 17.2 Å². The molecule has 2 aromatic carbocycles. The SMILES string of the molecule is CCOc1cc(OC(=O)C(=O)OC)cc(/C=C/c2ccc(NC(=O)C(=O)OC)c(OC)c2)c1CC=C(C)C. The van der Waals surface area contributed by atoms with Gasteiger partial charge in [-0.15, -0.1) is 0 Å². The van der Waals surface area contributed by atoms with Crippen LogP contribution in [0, 0.1) is 0 Å². The molecule has 0 saturated heterocycles. The Bertz CT molecular complexity index is 1260. The smallest absolute Gasteiger partial charge is 0.422 e. The summed E-state index contributed by atoms with van der Waals surface area (Å²) in [5.74, 6) is -3.31. The summed E-state index contributed by atoms with van der Waals surface area (Å²) in [5, 5.41) is 2.44. The van der Waals surface area contributed by atoms with Crippen molar-refractivity contribution in [3.63, 3.8) is 0 Å². The third-order valence-corrected chi connectivity index (χ3v) is 5.09. The van der Waals surface area contributed by atoms with Crippen LogP contribution in [0.2, 0.25) is 0 Å². The zero-order valence-electron chi connectivity index (χ0n) is 22.2. The molecular weight excluding hydrogens is 494 g/mol. The van der Waals surface area contributed by atoms with E-state index in [0.717, 1.165) is 25.4 Å². The lowest BCUT2D eigenvalue weighted by molar-refractivity contribution is -0.160. The lowest BCUT2D eigenvalue weighted by atomic mass is 10.00. The van der Waals surface area contributed by atoms with Gasteiger partial charge < -0.3 is 29.0 Å². The Morgan fingerprint density at radius 3 is 2.18 bits per heavy atom. The Morgan fingerprint density at radius 2 is 1.58 bits per heavy atom. The first-order valence-electron chi connectivity index (χ1n) is 11.6. The van der Waals surface area contributed by atoms with E-state index < -0.39 is 23.8 Å². The second kappa shape index (κ2) is 14.2. The molecule has 0 radical (unpaired) electrons. The van der Waals surface area contributed by atoms with Crippen LogP contribution in [0.25, 0.3) is 12.2 Å². The van der Waals surface area contributed by atoms with E-state index in [2.05, 4.69) is 14.8 Å². The summed E-state index contributed by atoms with van der Waals surface area (Å²) in [6, 6.07) is 8.15. The van der Waals surface area contributed by atoms with Crippen LogP contribution in [0.15, 0.2) is 42.0 Å². The van der Waals surface area contributed by atoms with Crippen molar-refractivity contribution in [3.8, 4) is 17.2 Å². The summed E-state index contributed by atoms with van der Waals surface area (Å²) in [7, 11) is 3.63. The molecule has 0 unspecified atom stereocenters. The molecule has 0 saturated carbocycles. The Kier molecular flexibility index (Phi) is 11.1. The maximum absolute atomic E-state index is 12.0. The Morgan fingerprint density at radius 1 is 0.868 bits per heavy atom. The van der Waals surface area contributed by atoms with E-state index in [1.165, 1.54) is 7.11 Å². The predicted molar refractivity (Wildman–Crippen MR) is 141 cm³/mol. The molecule has 38 heavy (non-hydrogen) atoms. The molecule has 1 N–H and O–H groups in total. The molecule has 0 aliphatic heterocycles. The molecule has 202 valence electrons. The summed E-state index contributed by atoms with van der Waals surface area (Å²) in [6.45, 7) is 6.17. The van der Waals surface area contributed by atoms with Crippen LogP contribution in [-0.4, -0.2) is 51.8 Å². The van der Waals surface area contributed by atoms with E-state index in [9.17, 15) is 19.2 Å². The number of carbonyl (C=O) groups is 4. The van der Waals surface area contributed by atoms with E-state index in [0.29, 0.717) is 41.3 Å². The average Bonchev–Trinajstić information content (AvgIpc) is 2.90. The second-order valence-corrected chi connectivity index (χ2v) is 8.03. The van der Waals surface area contributed by atoms with E-state index in [1.807, 2.05) is 26.8 Å². The van der Waals surface area contributed by atoms with E-state index >= 15 is 0 Å². The van der Waals surface area contributed by atoms with Gasteiger partial charge >= 0.3 is 23.8 Å². The number of esters is 3. The third-order valence-electron chi connectivity index (χ3n) is 5.09. The predicted octanol–water partition coefficient (Wildman–Crippen LogP) is 3.96. The number of methoxy groups -OCH3 is 3. The molecule has 0 fully saturated rings. The van der Waals surface area contributed by atoms with Crippen molar-refractivity contribution in [1.29, 1.82) is 0 Å². The monoisotopic (exact) mass is 525 g/mol. The molecule has 0 atom stereocenters. The normalized spacial score (nSPS) is 10.4. The Balaban J connectivity index is 2.51. The van der Waals surface area contributed by atoms with Gasteiger partial charge in [0.15, 0.2) is 0 Å². The first-order chi connectivity index (χ1) is 18.1. The molecule has 0 aliphatic rings. The number of amides is 1. The maximum Gasteiger partial charge on any atom is 0.422 e. The van der Waals surface area contributed by atoms with Crippen molar-refractivity contribution in [2.24, 2.45) is 0 Å². The summed E-state index contributed by atoms with van der Waals surface area (Å²) in [5.41, 5.74) is 3.64. The van der Waals surface area contributed by atoms with E-state index in [4.69, 9.17) is 14.2 Å². The van der Waals surface area contributed by atoms with Crippen molar-refractivity contribution >= 4 is 41.7 Å². The number of rotatable bonds is 9. The molecule has 0 heterocycles. The molecule has 10 heteroatoms. The molecule has 0 aromatic heterocycles. The fourth-order valence-corrected chi connectivity index (χ4v) is 3.26. The standard InChI is InChI=1S/C28H31NO9/c1-7-37-23-16-20(38-28(33)27(32)36-6)15-19(21(23)12-8-17(2)3)11-9-18-10-13-22(24(14-18)34-4)29-25(30)26(31)35-5/h8-11,13-16H,7,12H2,1-6H3,(H,29,30)/b11-9+. The van der Waals surface area contributed by atoms with Crippen LogP contribution in [0.5, 0.6) is 17.2 Å². The van der Waals surface area contributed by atoms with Crippen molar-refractivity contribution in [2.45, 2.75) is 27.2 Å². The minimum absolute atomic E-state index is 0.114. The van der Waals surface area contributed by atoms with Crippen molar-refractivity contribution in [3.05, 3.63) is 58.7 Å². The number of ether oxygens (including phenoxy) is 5. The van der Waals surface area contributed by atoms with Crippen LogP contribution >= 0.6 is 0 Å². The number of hydrogen-bond acceptors (Lipinski definition) is 9. The van der Waals surface area contributed by atoms with Crippen molar-refractivity contribution in [1.82, 2.24) is 0 Å². The van der Waals surface area contributed by atoms with Crippen molar-refractivity contribution < 1.29 is 42.9 Å². The van der Waals surface area contributed by atoms with Gasteiger partial charge in [-0.3, -0.25) is 4.79 Å². The topological polar surface area (TPSA) is 126 Å². The quantitative estimate of drug-likeness (QED) is 0.170. The van der Waals surface area contributed by atoms with Crippen LogP contribution in [0.4, 0.5) is 5.69 Å².